The molecule has 0 bridgehead atoms. The molecule has 4 rings (SSSR count). The zero-order valence-electron chi connectivity index (χ0n) is 17.1. The van der Waals surface area contributed by atoms with Gasteiger partial charge in [0.05, 0.1) is 11.4 Å². The van der Waals surface area contributed by atoms with Gasteiger partial charge in [-0.15, -0.1) is 0 Å². The van der Waals surface area contributed by atoms with E-state index in [9.17, 15) is 14.4 Å². The van der Waals surface area contributed by atoms with Crippen molar-refractivity contribution in [3.8, 4) is 0 Å². The van der Waals surface area contributed by atoms with Gasteiger partial charge in [-0.1, -0.05) is 72.6 Å². The number of amides is 4. The summed E-state index contributed by atoms with van der Waals surface area (Å²) in [6.07, 6.45) is 0.301. The van der Waals surface area contributed by atoms with Crippen LogP contribution >= 0.6 is 23.2 Å². The Morgan fingerprint density at radius 1 is 0.688 bits per heavy atom. The molecule has 1 aliphatic heterocycles. The Labute approximate surface area is 195 Å². The number of anilines is 2. The average molecular weight is 465 g/mol. The van der Waals surface area contributed by atoms with E-state index in [0.717, 1.165) is 9.80 Å². The van der Waals surface area contributed by atoms with Gasteiger partial charge in [0.25, 0.3) is 11.8 Å². The lowest BCUT2D eigenvalue weighted by atomic mass is 9.94. The number of nitrogens with zero attached hydrogens (tertiary/aromatic N) is 2. The van der Waals surface area contributed by atoms with E-state index >= 15 is 0 Å². The van der Waals surface area contributed by atoms with Crippen LogP contribution in [0.25, 0.3) is 5.57 Å². The molecule has 1 saturated heterocycles. The normalized spacial score (nSPS) is 14.2. The number of rotatable bonds is 4. The van der Waals surface area contributed by atoms with Gasteiger partial charge in [0.15, 0.2) is 0 Å². The van der Waals surface area contributed by atoms with Crippen molar-refractivity contribution in [2.75, 3.05) is 9.80 Å². The Hall–Kier alpha value is -3.41. The van der Waals surface area contributed by atoms with Gasteiger partial charge < -0.3 is 0 Å². The zero-order valence-corrected chi connectivity index (χ0v) is 18.6. The molecule has 1 heterocycles. The number of urea groups is 1. The standard InChI is InChI=1S/C25H18Cl2N2O3/c1-2-18(21-19(26)14-9-15-20(21)27)22-23(30)28(16-10-5-3-6-11-16)25(32)29(24(22)31)17-12-7-4-8-13-17/h3-15H,2H2,1H3. The highest BCUT2D eigenvalue weighted by molar-refractivity contribution is 6.48. The first-order valence-electron chi connectivity index (χ1n) is 9.96. The highest BCUT2D eigenvalue weighted by atomic mass is 35.5. The van der Waals surface area contributed by atoms with Gasteiger partial charge in [-0.25, -0.2) is 14.6 Å². The molecule has 0 saturated carbocycles. The van der Waals surface area contributed by atoms with Crippen LogP contribution in [0.4, 0.5) is 16.2 Å². The molecule has 4 amide bonds. The number of para-hydroxylation sites is 2. The largest absolute Gasteiger partial charge is 0.343 e. The second-order valence-corrected chi connectivity index (χ2v) is 7.85. The van der Waals surface area contributed by atoms with Crippen LogP contribution in [0, 0.1) is 0 Å². The van der Waals surface area contributed by atoms with Crippen LogP contribution in [0.2, 0.25) is 10.0 Å². The van der Waals surface area contributed by atoms with E-state index in [-0.39, 0.29) is 5.57 Å². The summed E-state index contributed by atoms with van der Waals surface area (Å²) >= 11 is 12.8. The monoisotopic (exact) mass is 464 g/mol. The Bertz CT molecular complexity index is 1160. The van der Waals surface area contributed by atoms with Crippen LogP contribution in [0.3, 0.4) is 0 Å². The van der Waals surface area contributed by atoms with Crippen molar-refractivity contribution < 1.29 is 14.4 Å². The molecule has 3 aromatic rings. The number of allylic oxidation sites excluding steroid dienone is 1. The maximum absolute atomic E-state index is 13.6. The molecule has 0 spiro atoms. The summed E-state index contributed by atoms with van der Waals surface area (Å²) in [6, 6.07) is 21.2. The SMILES string of the molecule is CCC(=C1C(=O)N(c2ccccc2)C(=O)N(c2ccccc2)C1=O)c1c(Cl)cccc1Cl. The van der Waals surface area contributed by atoms with E-state index in [0.29, 0.717) is 39.0 Å². The summed E-state index contributed by atoms with van der Waals surface area (Å²) in [4.78, 5) is 42.7. The Balaban J connectivity index is 2.00. The van der Waals surface area contributed by atoms with Crippen LogP contribution in [0.5, 0.6) is 0 Å². The van der Waals surface area contributed by atoms with Gasteiger partial charge in [0, 0.05) is 15.6 Å². The number of barbiturate groups is 1. The Morgan fingerprint density at radius 3 is 1.53 bits per heavy atom. The molecule has 0 aromatic heterocycles. The van der Waals surface area contributed by atoms with Crippen LogP contribution in [-0.4, -0.2) is 17.8 Å². The molecule has 0 N–H and O–H groups in total. The Morgan fingerprint density at radius 2 is 1.12 bits per heavy atom. The topological polar surface area (TPSA) is 57.7 Å². The molecule has 160 valence electrons. The highest BCUT2D eigenvalue weighted by Crippen LogP contribution is 2.38. The van der Waals surface area contributed by atoms with Crippen LogP contribution in [-0.2, 0) is 9.59 Å². The fourth-order valence-electron chi connectivity index (χ4n) is 3.72. The molecule has 5 nitrogen and oxygen atoms in total. The summed E-state index contributed by atoms with van der Waals surface area (Å²) < 4.78 is 0. The van der Waals surface area contributed by atoms with Crippen LogP contribution in [0.1, 0.15) is 18.9 Å². The lowest BCUT2D eigenvalue weighted by Crippen LogP contribution is -2.57. The molecular formula is C25H18Cl2N2O3. The quantitative estimate of drug-likeness (QED) is 0.333. The maximum atomic E-state index is 13.6. The third-order valence-corrected chi connectivity index (χ3v) is 5.80. The predicted molar refractivity (Wildman–Crippen MR) is 127 cm³/mol. The Kier molecular flexibility index (Phi) is 6.12. The van der Waals surface area contributed by atoms with Crippen molar-refractivity contribution >= 4 is 58.0 Å². The fraction of sp³-hybridized carbons (Fsp3) is 0.0800. The van der Waals surface area contributed by atoms with E-state index in [1.807, 2.05) is 0 Å². The second-order valence-electron chi connectivity index (χ2n) is 7.04. The summed E-state index contributed by atoms with van der Waals surface area (Å²) in [5, 5.41) is 0.633. The third-order valence-electron chi connectivity index (χ3n) is 5.17. The van der Waals surface area contributed by atoms with Crippen LogP contribution in [0.15, 0.2) is 84.4 Å². The summed E-state index contributed by atoms with van der Waals surface area (Å²) in [5.41, 5.74) is 1.36. The summed E-state index contributed by atoms with van der Waals surface area (Å²) in [5.74, 6) is -1.43. The number of carbonyl (C=O) groups is 3. The predicted octanol–water partition coefficient (Wildman–Crippen LogP) is 6.36. The molecule has 1 aliphatic rings. The van der Waals surface area contributed by atoms with Gasteiger partial charge in [0.1, 0.15) is 5.57 Å². The number of carbonyl (C=O) groups excluding carboxylic acids is 3. The van der Waals surface area contributed by atoms with E-state index in [2.05, 4.69) is 0 Å². The number of hydrogen-bond donors (Lipinski definition) is 0. The van der Waals surface area contributed by atoms with Crippen molar-refractivity contribution in [1.29, 1.82) is 0 Å². The zero-order chi connectivity index (χ0) is 22.8. The van der Waals surface area contributed by atoms with E-state index in [1.165, 1.54) is 0 Å². The smallest absolute Gasteiger partial charge is 0.268 e. The lowest BCUT2D eigenvalue weighted by Gasteiger charge is -2.35. The van der Waals surface area contributed by atoms with Crippen molar-refractivity contribution in [3.05, 3.63) is 100 Å². The summed E-state index contributed by atoms with van der Waals surface area (Å²) in [7, 11) is 0. The second kappa shape index (κ2) is 8.99. The average Bonchev–Trinajstić information content (AvgIpc) is 2.79. The molecule has 32 heavy (non-hydrogen) atoms. The molecule has 0 aliphatic carbocycles. The van der Waals surface area contributed by atoms with Gasteiger partial charge in [-0.05, 0) is 48.4 Å². The minimum atomic E-state index is -0.748. The van der Waals surface area contributed by atoms with Crippen molar-refractivity contribution in [3.63, 3.8) is 0 Å². The maximum Gasteiger partial charge on any atom is 0.343 e. The number of imide groups is 2. The first-order chi connectivity index (χ1) is 15.5. The molecule has 1 fully saturated rings. The first-order valence-corrected chi connectivity index (χ1v) is 10.7. The third kappa shape index (κ3) is 3.70. The minimum Gasteiger partial charge on any atom is -0.268 e. The number of halogens is 2. The highest BCUT2D eigenvalue weighted by Gasteiger charge is 2.45. The minimum absolute atomic E-state index is 0.144. The van der Waals surface area contributed by atoms with Gasteiger partial charge in [-0.2, -0.15) is 0 Å². The molecule has 0 radical (unpaired) electrons. The lowest BCUT2D eigenvalue weighted by molar-refractivity contribution is -0.121. The molecule has 0 unspecified atom stereocenters. The van der Waals surface area contributed by atoms with Crippen LogP contribution < -0.4 is 9.80 Å². The van der Waals surface area contributed by atoms with Crippen molar-refractivity contribution in [2.24, 2.45) is 0 Å². The van der Waals surface area contributed by atoms with E-state index in [1.54, 1.807) is 85.8 Å². The fourth-order valence-corrected chi connectivity index (χ4v) is 4.35. The molecule has 7 heteroatoms. The van der Waals surface area contributed by atoms with Crippen molar-refractivity contribution in [1.82, 2.24) is 0 Å². The van der Waals surface area contributed by atoms with Gasteiger partial charge in [0.2, 0.25) is 0 Å². The van der Waals surface area contributed by atoms with Gasteiger partial charge >= 0.3 is 6.03 Å². The molecule has 3 aromatic carbocycles. The van der Waals surface area contributed by atoms with Gasteiger partial charge in [-0.3, -0.25) is 9.59 Å². The first kappa shape index (κ1) is 21.8. The molecule has 0 atom stereocenters. The summed E-state index contributed by atoms with van der Waals surface area (Å²) in [6.45, 7) is 1.80. The number of benzene rings is 3. The van der Waals surface area contributed by atoms with E-state index in [4.69, 9.17) is 23.2 Å². The number of hydrogen-bond acceptors (Lipinski definition) is 3. The van der Waals surface area contributed by atoms with Crippen molar-refractivity contribution in [2.45, 2.75) is 13.3 Å². The van der Waals surface area contributed by atoms with E-state index < -0.39 is 17.8 Å². The molecular weight excluding hydrogens is 447 g/mol.